The highest BCUT2D eigenvalue weighted by atomic mass is 31.2. The minimum atomic E-state index is -2.18. The smallest absolute Gasteiger partial charge is 0.327 e. The molecule has 0 fully saturated rings. The molecule has 0 aliphatic heterocycles. The van der Waals surface area contributed by atoms with Gasteiger partial charge in [0.25, 0.3) is 0 Å². The Balaban J connectivity index is -0.000000138. The van der Waals surface area contributed by atoms with E-state index in [0.717, 1.165) is 0 Å². The second kappa shape index (κ2) is 22.5. The van der Waals surface area contributed by atoms with Crippen molar-refractivity contribution in [3.8, 4) is 0 Å². The van der Waals surface area contributed by atoms with Gasteiger partial charge in [0.1, 0.15) is 0 Å². The molecule has 70 valence electrons. The maximum absolute atomic E-state index is 8.03. The first-order valence-electron chi connectivity index (χ1n) is 2.35. The molecule has 0 aromatic rings. The van der Waals surface area contributed by atoms with E-state index in [1.165, 1.54) is 6.08 Å². The summed E-state index contributed by atoms with van der Waals surface area (Å²) in [6, 6.07) is 0. The van der Waals surface area contributed by atoms with Crippen LogP contribution in [0.3, 0.4) is 0 Å². The molecule has 0 heterocycles. The average Bonchev–Trinajstić information content (AvgIpc) is 2.08. The van der Waals surface area contributed by atoms with Crippen molar-refractivity contribution in [3.05, 3.63) is 12.7 Å². The van der Waals surface area contributed by atoms with Gasteiger partial charge in [0.15, 0.2) is 0 Å². The normalized spacial score (nSPS) is 7.18. The summed E-state index contributed by atoms with van der Waals surface area (Å²) < 4.78 is 4.25. The summed E-state index contributed by atoms with van der Waals surface area (Å²) in [6.45, 7) is 3.49. The quantitative estimate of drug-likeness (QED) is 0.129. The molecule has 0 spiro atoms. The number of hydrazine groups is 2. The molecule has 0 amide bonds. The number of nitrogens with two attached hydrogens (primary N) is 4. The Kier molecular flexibility index (Phi) is 35.0. The molecule has 0 aliphatic carbocycles. The van der Waals surface area contributed by atoms with E-state index in [1.807, 2.05) is 0 Å². The lowest BCUT2D eigenvalue weighted by atomic mass is 10.7. The van der Waals surface area contributed by atoms with Crippen molar-refractivity contribution in [1.29, 1.82) is 0 Å². The van der Waals surface area contributed by atoms with Crippen LogP contribution in [0.15, 0.2) is 12.7 Å². The first-order chi connectivity index (χ1) is 5.27. The van der Waals surface area contributed by atoms with E-state index < -0.39 is 8.60 Å². The van der Waals surface area contributed by atoms with Gasteiger partial charge >= 0.3 is 8.60 Å². The van der Waals surface area contributed by atoms with E-state index >= 15 is 0 Å². The Morgan fingerprint density at radius 1 is 1.27 bits per heavy atom. The zero-order valence-corrected chi connectivity index (χ0v) is 6.95. The average molecular weight is 186 g/mol. The lowest BCUT2D eigenvalue weighted by Crippen LogP contribution is -2.02. The molecular formula is C3H15N4O3P. The second-order valence-corrected chi connectivity index (χ2v) is 1.60. The van der Waals surface area contributed by atoms with E-state index in [2.05, 4.69) is 34.5 Å². The molecule has 0 aromatic heterocycles. The number of hydrogen-bond acceptors (Lipinski definition) is 7. The lowest BCUT2D eigenvalue weighted by Gasteiger charge is -1.96. The molecule has 0 saturated heterocycles. The molecule has 0 saturated carbocycles. The van der Waals surface area contributed by atoms with Gasteiger partial charge in [0.05, 0.1) is 6.61 Å². The fourth-order valence-electron chi connectivity index (χ4n) is 0.119. The Hall–Kier alpha value is -0.110. The van der Waals surface area contributed by atoms with Gasteiger partial charge in [0.2, 0.25) is 0 Å². The maximum atomic E-state index is 8.03. The van der Waals surface area contributed by atoms with Gasteiger partial charge in [-0.15, -0.1) is 6.58 Å². The molecule has 0 aliphatic rings. The molecule has 0 unspecified atom stereocenters. The first kappa shape index (κ1) is 17.1. The van der Waals surface area contributed by atoms with Crippen LogP contribution in [0, 0.1) is 0 Å². The summed E-state index contributed by atoms with van der Waals surface area (Å²) in [7, 11) is -2.18. The molecule has 7 nitrogen and oxygen atoms in total. The van der Waals surface area contributed by atoms with Crippen molar-refractivity contribution in [2.45, 2.75) is 0 Å². The van der Waals surface area contributed by atoms with Gasteiger partial charge in [-0.05, 0) is 0 Å². The minimum Gasteiger partial charge on any atom is -0.328 e. The molecule has 0 radical (unpaired) electrons. The van der Waals surface area contributed by atoms with Crippen LogP contribution in [0.25, 0.3) is 0 Å². The highest BCUT2D eigenvalue weighted by Crippen LogP contribution is 2.23. The van der Waals surface area contributed by atoms with Crippen LogP contribution in [-0.4, -0.2) is 16.4 Å². The molecule has 0 aromatic carbocycles. The number of rotatable bonds is 3. The zero-order valence-electron chi connectivity index (χ0n) is 6.05. The third-order valence-electron chi connectivity index (χ3n) is 0.308. The molecule has 0 rings (SSSR count). The van der Waals surface area contributed by atoms with Crippen molar-refractivity contribution in [2.24, 2.45) is 23.4 Å². The van der Waals surface area contributed by atoms with Gasteiger partial charge < -0.3 is 14.3 Å². The van der Waals surface area contributed by atoms with Crippen LogP contribution in [0.2, 0.25) is 0 Å². The van der Waals surface area contributed by atoms with Gasteiger partial charge in [-0.25, -0.2) is 0 Å². The fraction of sp³-hybridized carbons (Fsp3) is 0.333. The summed E-state index contributed by atoms with van der Waals surface area (Å²) in [5.74, 6) is 16.0. The summed E-state index contributed by atoms with van der Waals surface area (Å²) in [5.41, 5.74) is 0. The molecule has 10 N–H and O–H groups in total. The molecule has 11 heavy (non-hydrogen) atoms. The topological polar surface area (TPSA) is 154 Å². The Labute approximate surface area is 66.6 Å². The van der Waals surface area contributed by atoms with Crippen LogP contribution < -0.4 is 23.4 Å². The van der Waals surface area contributed by atoms with Crippen molar-refractivity contribution in [3.63, 3.8) is 0 Å². The standard InChI is InChI=1S/C3H7O3P.2H4N2/c1-2-3-6-7(4)5;2*1-2/h2,4-5H,1,3H2;2*1-2H2. The van der Waals surface area contributed by atoms with Gasteiger partial charge in [0, 0.05) is 0 Å². The van der Waals surface area contributed by atoms with Crippen LogP contribution in [0.1, 0.15) is 0 Å². The van der Waals surface area contributed by atoms with Crippen molar-refractivity contribution in [1.82, 2.24) is 0 Å². The highest BCUT2D eigenvalue weighted by molar-refractivity contribution is 7.39. The van der Waals surface area contributed by atoms with E-state index in [-0.39, 0.29) is 6.61 Å². The van der Waals surface area contributed by atoms with Gasteiger partial charge in [-0.1, -0.05) is 6.08 Å². The predicted octanol–water partition coefficient (Wildman–Crippen LogP) is -1.96. The van der Waals surface area contributed by atoms with Crippen molar-refractivity contribution >= 4 is 8.60 Å². The highest BCUT2D eigenvalue weighted by Gasteiger charge is 1.92. The van der Waals surface area contributed by atoms with E-state index in [1.54, 1.807) is 0 Å². The van der Waals surface area contributed by atoms with Crippen LogP contribution in [-0.2, 0) is 4.52 Å². The Morgan fingerprint density at radius 3 is 1.73 bits per heavy atom. The largest absolute Gasteiger partial charge is 0.328 e. The van der Waals surface area contributed by atoms with Gasteiger partial charge in [-0.3, -0.25) is 23.4 Å². The van der Waals surface area contributed by atoms with E-state index in [0.29, 0.717) is 0 Å². The van der Waals surface area contributed by atoms with Crippen molar-refractivity contribution < 1.29 is 14.3 Å². The summed E-state index contributed by atoms with van der Waals surface area (Å²) in [6.07, 6.45) is 1.45. The van der Waals surface area contributed by atoms with E-state index in [4.69, 9.17) is 9.79 Å². The second-order valence-electron chi connectivity index (χ2n) is 0.837. The van der Waals surface area contributed by atoms with Crippen LogP contribution in [0.4, 0.5) is 0 Å². The summed E-state index contributed by atoms with van der Waals surface area (Å²) in [5, 5.41) is 0. The SMILES string of the molecule is C=CCOP(O)O.NN.NN. The van der Waals surface area contributed by atoms with E-state index in [9.17, 15) is 0 Å². The molecule has 8 heteroatoms. The maximum Gasteiger partial charge on any atom is 0.327 e. The third kappa shape index (κ3) is 40.7. The first-order valence-corrected chi connectivity index (χ1v) is 3.52. The lowest BCUT2D eigenvalue weighted by molar-refractivity contribution is 0.282. The molecule has 0 bridgehead atoms. The minimum absolute atomic E-state index is 0.193. The third-order valence-corrected chi connectivity index (χ3v) is 0.688. The van der Waals surface area contributed by atoms with Gasteiger partial charge in [-0.2, -0.15) is 0 Å². The fourth-order valence-corrected chi connectivity index (χ4v) is 0.358. The molecule has 0 atom stereocenters. The Bertz CT molecular complexity index is 64.5. The predicted molar refractivity (Wildman–Crippen MR) is 44.3 cm³/mol. The Morgan fingerprint density at radius 2 is 1.64 bits per heavy atom. The number of hydrogen-bond donors (Lipinski definition) is 6. The van der Waals surface area contributed by atoms with Crippen molar-refractivity contribution in [2.75, 3.05) is 6.61 Å². The summed E-state index contributed by atoms with van der Waals surface area (Å²) in [4.78, 5) is 16.1. The zero-order chi connectivity index (χ0) is 9.70. The summed E-state index contributed by atoms with van der Waals surface area (Å²) >= 11 is 0. The monoisotopic (exact) mass is 186 g/mol. The van der Waals surface area contributed by atoms with Crippen LogP contribution >= 0.6 is 8.60 Å². The molecular weight excluding hydrogens is 171 g/mol. The van der Waals surface area contributed by atoms with Crippen LogP contribution in [0.5, 0.6) is 0 Å².